The van der Waals surface area contributed by atoms with Gasteiger partial charge in [0.2, 0.25) is 5.82 Å². The van der Waals surface area contributed by atoms with Crippen LogP contribution in [-0.4, -0.2) is 65.5 Å². The molecule has 0 unspecified atom stereocenters. The Morgan fingerprint density at radius 3 is 2.40 bits per heavy atom. The van der Waals surface area contributed by atoms with E-state index in [2.05, 4.69) is 10.1 Å². The summed E-state index contributed by atoms with van der Waals surface area (Å²) < 4.78 is 52.1. The number of carboxylic acid groups (broad SMARTS) is 1. The van der Waals surface area contributed by atoms with Gasteiger partial charge in [0.05, 0.1) is 24.7 Å². The number of ether oxygens (including phenoxy) is 1. The summed E-state index contributed by atoms with van der Waals surface area (Å²) in [6.07, 6.45) is -4.53. The molecule has 2 aliphatic heterocycles. The van der Waals surface area contributed by atoms with Crippen LogP contribution in [0.1, 0.15) is 11.1 Å². The van der Waals surface area contributed by atoms with E-state index in [1.54, 1.807) is 23.1 Å². The van der Waals surface area contributed by atoms with E-state index in [4.69, 9.17) is 14.4 Å². The standard InChI is InChI=1S/C24H23F3N4O4/c25-24(26,27)19-11-17(5-6-20(19)31-7-9-34-10-8-31)21-28-22(35-29-21)16-3-1-15(2-4-16)12-30-13-18(14-30)23(32)33/h1-6,11,18H,7-10,12-14H2,(H,32,33). The van der Waals surface area contributed by atoms with Crippen LogP contribution in [0, 0.1) is 5.92 Å². The molecule has 0 saturated carbocycles. The average Bonchev–Trinajstić information content (AvgIpc) is 3.31. The fourth-order valence-electron chi connectivity index (χ4n) is 4.31. The molecule has 2 saturated heterocycles. The third-order valence-corrected chi connectivity index (χ3v) is 6.25. The topological polar surface area (TPSA) is 91.9 Å². The van der Waals surface area contributed by atoms with Crippen LogP contribution in [0.2, 0.25) is 0 Å². The maximum Gasteiger partial charge on any atom is 0.418 e. The zero-order chi connectivity index (χ0) is 24.6. The first-order valence-electron chi connectivity index (χ1n) is 11.2. The number of benzene rings is 2. The van der Waals surface area contributed by atoms with E-state index in [9.17, 15) is 18.0 Å². The highest BCUT2D eigenvalue weighted by Gasteiger charge is 2.36. The Bertz CT molecular complexity index is 1200. The molecule has 1 N–H and O–H groups in total. The smallest absolute Gasteiger partial charge is 0.418 e. The minimum atomic E-state index is -4.53. The molecule has 0 bridgehead atoms. The summed E-state index contributed by atoms with van der Waals surface area (Å²) in [5, 5.41) is 12.9. The van der Waals surface area contributed by atoms with Crippen LogP contribution in [-0.2, 0) is 22.3 Å². The highest BCUT2D eigenvalue weighted by Crippen LogP contribution is 2.39. The number of rotatable bonds is 6. The van der Waals surface area contributed by atoms with Gasteiger partial charge in [-0.1, -0.05) is 17.3 Å². The predicted molar refractivity (Wildman–Crippen MR) is 120 cm³/mol. The van der Waals surface area contributed by atoms with Crippen molar-refractivity contribution < 1.29 is 32.3 Å². The predicted octanol–water partition coefficient (Wildman–Crippen LogP) is 3.78. The number of morpholine rings is 1. The zero-order valence-electron chi connectivity index (χ0n) is 18.7. The van der Waals surface area contributed by atoms with E-state index >= 15 is 0 Å². The number of alkyl halides is 3. The molecule has 35 heavy (non-hydrogen) atoms. The molecule has 184 valence electrons. The van der Waals surface area contributed by atoms with E-state index < -0.39 is 17.7 Å². The number of halogens is 3. The minimum Gasteiger partial charge on any atom is -0.481 e. The van der Waals surface area contributed by atoms with E-state index in [1.807, 2.05) is 17.0 Å². The van der Waals surface area contributed by atoms with Crippen molar-refractivity contribution in [1.82, 2.24) is 15.0 Å². The molecule has 0 aliphatic carbocycles. The van der Waals surface area contributed by atoms with Crippen LogP contribution in [0.5, 0.6) is 0 Å². The molecule has 2 fully saturated rings. The lowest BCUT2D eigenvalue weighted by Crippen LogP contribution is -2.49. The number of hydrogen-bond acceptors (Lipinski definition) is 7. The lowest BCUT2D eigenvalue weighted by Gasteiger charge is -2.36. The third kappa shape index (κ3) is 5.01. The minimum absolute atomic E-state index is 0.0726. The van der Waals surface area contributed by atoms with Gasteiger partial charge >= 0.3 is 12.1 Å². The van der Waals surface area contributed by atoms with Gasteiger partial charge in [0, 0.05) is 49.5 Å². The van der Waals surface area contributed by atoms with E-state index in [-0.39, 0.29) is 28.9 Å². The highest BCUT2D eigenvalue weighted by molar-refractivity contribution is 5.71. The third-order valence-electron chi connectivity index (χ3n) is 6.25. The first kappa shape index (κ1) is 23.3. The van der Waals surface area contributed by atoms with Crippen molar-refractivity contribution in [2.24, 2.45) is 5.92 Å². The van der Waals surface area contributed by atoms with Gasteiger partial charge in [0.25, 0.3) is 5.89 Å². The lowest BCUT2D eigenvalue weighted by molar-refractivity contribution is -0.147. The second kappa shape index (κ2) is 9.31. The Labute approximate surface area is 198 Å². The molecule has 0 radical (unpaired) electrons. The van der Waals surface area contributed by atoms with Crippen molar-refractivity contribution in [3.05, 3.63) is 53.6 Å². The number of carbonyl (C=O) groups is 1. The molecule has 11 heteroatoms. The highest BCUT2D eigenvalue weighted by atomic mass is 19.4. The SMILES string of the molecule is O=C(O)C1CN(Cc2ccc(-c3nc(-c4ccc(N5CCOCC5)c(C(F)(F)F)c4)no3)cc2)C1. The van der Waals surface area contributed by atoms with Gasteiger partial charge in [-0.05, 0) is 35.9 Å². The molecule has 0 spiro atoms. The number of hydrogen-bond donors (Lipinski definition) is 1. The second-order valence-electron chi connectivity index (χ2n) is 8.68. The van der Waals surface area contributed by atoms with Gasteiger partial charge in [0.15, 0.2) is 0 Å². The number of anilines is 1. The quantitative estimate of drug-likeness (QED) is 0.561. The summed E-state index contributed by atoms with van der Waals surface area (Å²) in [7, 11) is 0. The molecule has 1 aromatic heterocycles. The summed E-state index contributed by atoms with van der Waals surface area (Å²) in [5.74, 6) is -0.815. The van der Waals surface area contributed by atoms with Crippen molar-refractivity contribution in [2.75, 3.05) is 44.3 Å². The van der Waals surface area contributed by atoms with Gasteiger partial charge in [-0.3, -0.25) is 9.69 Å². The summed E-state index contributed by atoms with van der Waals surface area (Å²) in [4.78, 5) is 18.9. The maximum absolute atomic E-state index is 13.8. The first-order chi connectivity index (χ1) is 16.8. The number of nitrogens with zero attached hydrogens (tertiary/aromatic N) is 4. The fourth-order valence-corrected chi connectivity index (χ4v) is 4.31. The van der Waals surface area contributed by atoms with Crippen molar-refractivity contribution in [3.63, 3.8) is 0 Å². The van der Waals surface area contributed by atoms with Gasteiger partial charge in [-0.15, -0.1) is 0 Å². The molecule has 8 nitrogen and oxygen atoms in total. The van der Waals surface area contributed by atoms with E-state index in [0.29, 0.717) is 51.5 Å². The summed E-state index contributed by atoms with van der Waals surface area (Å²) in [6.45, 7) is 3.22. The summed E-state index contributed by atoms with van der Waals surface area (Å²) >= 11 is 0. The lowest BCUT2D eigenvalue weighted by atomic mass is 9.99. The molecule has 0 amide bonds. The number of likely N-dealkylation sites (tertiary alicyclic amines) is 1. The number of aromatic nitrogens is 2. The van der Waals surface area contributed by atoms with Crippen molar-refractivity contribution >= 4 is 11.7 Å². The number of aliphatic carboxylic acids is 1. The Hall–Kier alpha value is -3.44. The normalized spacial score (nSPS) is 17.4. The maximum atomic E-state index is 13.8. The molecule has 3 aromatic rings. The Kier molecular flexibility index (Phi) is 6.20. The van der Waals surface area contributed by atoms with Crippen molar-refractivity contribution in [3.8, 4) is 22.8 Å². The van der Waals surface area contributed by atoms with E-state index in [0.717, 1.165) is 11.6 Å². The average molecular weight is 488 g/mol. The number of carboxylic acids is 1. The molecule has 3 heterocycles. The summed E-state index contributed by atoms with van der Waals surface area (Å²) in [6, 6.07) is 11.4. The molecule has 5 rings (SSSR count). The Morgan fingerprint density at radius 1 is 1.06 bits per heavy atom. The van der Waals surface area contributed by atoms with Crippen molar-refractivity contribution in [1.29, 1.82) is 0 Å². The molecule has 2 aromatic carbocycles. The fraction of sp³-hybridized carbons (Fsp3) is 0.375. The van der Waals surface area contributed by atoms with Crippen LogP contribution >= 0.6 is 0 Å². The Balaban J connectivity index is 1.32. The van der Waals surface area contributed by atoms with Gasteiger partial charge in [-0.25, -0.2) is 0 Å². The zero-order valence-corrected chi connectivity index (χ0v) is 18.7. The largest absolute Gasteiger partial charge is 0.481 e. The van der Waals surface area contributed by atoms with Gasteiger partial charge < -0.3 is 19.3 Å². The molecular formula is C24H23F3N4O4. The van der Waals surface area contributed by atoms with Crippen LogP contribution in [0.15, 0.2) is 47.0 Å². The van der Waals surface area contributed by atoms with Crippen LogP contribution in [0.25, 0.3) is 22.8 Å². The van der Waals surface area contributed by atoms with E-state index in [1.165, 1.54) is 6.07 Å². The monoisotopic (exact) mass is 488 g/mol. The van der Waals surface area contributed by atoms with Crippen LogP contribution in [0.4, 0.5) is 18.9 Å². The van der Waals surface area contributed by atoms with Gasteiger partial charge in [0.1, 0.15) is 0 Å². The molecular weight excluding hydrogens is 465 g/mol. The summed E-state index contributed by atoms with van der Waals surface area (Å²) in [5.41, 5.74) is 1.22. The van der Waals surface area contributed by atoms with Gasteiger partial charge in [-0.2, -0.15) is 18.2 Å². The first-order valence-corrected chi connectivity index (χ1v) is 11.2. The Morgan fingerprint density at radius 2 is 1.74 bits per heavy atom. The van der Waals surface area contributed by atoms with Crippen LogP contribution < -0.4 is 4.90 Å². The second-order valence-corrected chi connectivity index (χ2v) is 8.68. The van der Waals surface area contributed by atoms with Crippen LogP contribution in [0.3, 0.4) is 0 Å². The molecule has 2 aliphatic rings. The van der Waals surface area contributed by atoms with Crippen molar-refractivity contribution in [2.45, 2.75) is 12.7 Å². The molecule has 0 atom stereocenters.